The standard InChI is InChI=1S/C14H27N3O3/c1-10(2)13(11(3)15-4)14-16-12(17-20-14)6-7-19-9-8-18-5/h10-11,13,15H,6-9H2,1-5H3. The van der Waals surface area contributed by atoms with Crippen LogP contribution < -0.4 is 5.32 Å². The van der Waals surface area contributed by atoms with Gasteiger partial charge in [-0.25, -0.2) is 0 Å². The molecule has 20 heavy (non-hydrogen) atoms. The van der Waals surface area contributed by atoms with E-state index in [0.717, 1.165) is 0 Å². The minimum atomic E-state index is 0.218. The van der Waals surface area contributed by atoms with Gasteiger partial charge in [-0.15, -0.1) is 0 Å². The molecule has 2 unspecified atom stereocenters. The number of likely N-dealkylation sites (N-methyl/N-ethyl adjacent to an activating group) is 1. The molecule has 6 heteroatoms. The van der Waals surface area contributed by atoms with Crippen LogP contribution in [0.25, 0.3) is 0 Å². The molecule has 0 aliphatic rings. The van der Waals surface area contributed by atoms with Crippen LogP contribution in [0.5, 0.6) is 0 Å². The Morgan fingerprint density at radius 2 is 1.95 bits per heavy atom. The first-order valence-electron chi connectivity index (χ1n) is 7.16. The van der Waals surface area contributed by atoms with Crippen molar-refractivity contribution >= 4 is 0 Å². The number of methoxy groups -OCH3 is 1. The zero-order valence-corrected chi connectivity index (χ0v) is 13.2. The predicted octanol–water partition coefficient (Wildman–Crippen LogP) is 1.62. The number of rotatable bonds is 10. The van der Waals surface area contributed by atoms with Crippen LogP contribution in [0, 0.1) is 5.92 Å². The molecule has 1 rings (SSSR count). The second-order valence-corrected chi connectivity index (χ2v) is 5.25. The van der Waals surface area contributed by atoms with Gasteiger partial charge in [0.2, 0.25) is 5.89 Å². The Morgan fingerprint density at radius 1 is 1.20 bits per heavy atom. The topological polar surface area (TPSA) is 69.4 Å². The number of aromatic nitrogens is 2. The summed E-state index contributed by atoms with van der Waals surface area (Å²) in [5.74, 6) is 2.06. The molecule has 1 aromatic rings. The molecule has 0 aromatic carbocycles. The molecule has 0 aliphatic heterocycles. The van der Waals surface area contributed by atoms with Gasteiger partial charge in [0.05, 0.1) is 25.7 Å². The highest BCUT2D eigenvalue weighted by Gasteiger charge is 2.27. The maximum atomic E-state index is 5.41. The Bertz CT molecular complexity index is 368. The van der Waals surface area contributed by atoms with Crippen LogP contribution in [-0.2, 0) is 15.9 Å². The molecule has 0 saturated carbocycles. The van der Waals surface area contributed by atoms with Crippen LogP contribution in [0.3, 0.4) is 0 Å². The lowest BCUT2D eigenvalue weighted by molar-refractivity contribution is 0.0714. The molecule has 0 aliphatic carbocycles. The summed E-state index contributed by atoms with van der Waals surface area (Å²) >= 11 is 0. The monoisotopic (exact) mass is 285 g/mol. The van der Waals surface area contributed by atoms with Crippen LogP contribution in [0.4, 0.5) is 0 Å². The number of ether oxygens (including phenoxy) is 2. The third-order valence-corrected chi connectivity index (χ3v) is 3.38. The van der Waals surface area contributed by atoms with Gasteiger partial charge in [-0.1, -0.05) is 19.0 Å². The Morgan fingerprint density at radius 3 is 2.55 bits per heavy atom. The van der Waals surface area contributed by atoms with Gasteiger partial charge in [0.1, 0.15) is 0 Å². The highest BCUT2D eigenvalue weighted by atomic mass is 16.5. The zero-order chi connectivity index (χ0) is 15.0. The summed E-state index contributed by atoms with van der Waals surface area (Å²) in [4.78, 5) is 4.49. The van der Waals surface area contributed by atoms with Crippen LogP contribution in [0.15, 0.2) is 4.52 Å². The highest BCUT2D eigenvalue weighted by molar-refractivity contribution is 5.00. The number of hydrogen-bond donors (Lipinski definition) is 1. The molecule has 2 atom stereocenters. The van der Waals surface area contributed by atoms with Crippen molar-refractivity contribution < 1.29 is 14.0 Å². The van der Waals surface area contributed by atoms with Crippen LogP contribution >= 0.6 is 0 Å². The largest absolute Gasteiger partial charge is 0.382 e. The van der Waals surface area contributed by atoms with Crippen molar-refractivity contribution in [3.63, 3.8) is 0 Å². The Kier molecular flexibility index (Phi) is 7.72. The summed E-state index contributed by atoms with van der Waals surface area (Å²) in [5, 5.41) is 7.28. The molecule has 0 radical (unpaired) electrons. The first-order valence-corrected chi connectivity index (χ1v) is 7.16. The summed E-state index contributed by atoms with van der Waals surface area (Å²) in [6.07, 6.45) is 0.659. The summed E-state index contributed by atoms with van der Waals surface area (Å²) < 4.78 is 15.7. The lowest BCUT2D eigenvalue weighted by atomic mass is 9.89. The first kappa shape index (κ1) is 17.1. The lowest BCUT2D eigenvalue weighted by Crippen LogP contribution is -2.32. The third-order valence-electron chi connectivity index (χ3n) is 3.38. The number of hydrogen-bond acceptors (Lipinski definition) is 6. The van der Waals surface area contributed by atoms with Gasteiger partial charge in [0.25, 0.3) is 0 Å². The number of nitrogens with zero attached hydrogens (tertiary/aromatic N) is 2. The van der Waals surface area contributed by atoms with Crippen molar-refractivity contribution in [1.82, 2.24) is 15.5 Å². The van der Waals surface area contributed by atoms with Gasteiger partial charge in [0.15, 0.2) is 5.82 Å². The fourth-order valence-electron chi connectivity index (χ4n) is 2.17. The van der Waals surface area contributed by atoms with E-state index < -0.39 is 0 Å². The van der Waals surface area contributed by atoms with Gasteiger partial charge < -0.3 is 19.3 Å². The summed E-state index contributed by atoms with van der Waals surface area (Å²) in [6.45, 7) is 8.23. The van der Waals surface area contributed by atoms with Gasteiger partial charge in [-0.3, -0.25) is 0 Å². The highest BCUT2D eigenvalue weighted by Crippen LogP contribution is 2.26. The quantitative estimate of drug-likeness (QED) is 0.659. The molecule has 0 amide bonds. The van der Waals surface area contributed by atoms with Gasteiger partial charge >= 0.3 is 0 Å². The smallest absolute Gasteiger partial charge is 0.231 e. The molecule has 6 nitrogen and oxygen atoms in total. The van der Waals surface area contributed by atoms with E-state index in [1.807, 2.05) is 7.05 Å². The van der Waals surface area contributed by atoms with E-state index in [1.165, 1.54) is 0 Å². The average molecular weight is 285 g/mol. The molecule has 1 aromatic heterocycles. The van der Waals surface area contributed by atoms with E-state index >= 15 is 0 Å². The van der Waals surface area contributed by atoms with Gasteiger partial charge in [-0.2, -0.15) is 4.98 Å². The molecule has 1 N–H and O–H groups in total. The minimum absolute atomic E-state index is 0.218. The zero-order valence-electron chi connectivity index (χ0n) is 13.2. The normalized spacial score (nSPS) is 14.7. The maximum Gasteiger partial charge on any atom is 0.231 e. The Hall–Kier alpha value is -0.980. The second kappa shape index (κ2) is 9.05. The SMILES string of the molecule is CNC(C)C(c1nc(CCOCCOC)no1)C(C)C. The van der Waals surface area contributed by atoms with E-state index in [1.54, 1.807) is 7.11 Å². The van der Waals surface area contributed by atoms with Crippen molar-refractivity contribution in [2.24, 2.45) is 5.92 Å². The molecular weight excluding hydrogens is 258 g/mol. The maximum absolute atomic E-state index is 5.41. The van der Waals surface area contributed by atoms with Crippen molar-refractivity contribution in [2.75, 3.05) is 34.0 Å². The predicted molar refractivity (Wildman–Crippen MR) is 76.8 cm³/mol. The Labute approximate surface area is 121 Å². The van der Waals surface area contributed by atoms with Crippen molar-refractivity contribution in [1.29, 1.82) is 0 Å². The third kappa shape index (κ3) is 5.19. The Balaban J connectivity index is 2.52. The average Bonchev–Trinajstić information content (AvgIpc) is 2.86. The number of nitrogens with one attached hydrogen (secondary N) is 1. The molecular formula is C14H27N3O3. The van der Waals surface area contributed by atoms with E-state index in [9.17, 15) is 0 Å². The van der Waals surface area contributed by atoms with E-state index in [0.29, 0.717) is 49.9 Å². The van der Waals surface area contributed by atoms with E-state index in [4.69, 9.17) is 14.0 Å². The fraction of sp³-hybridized carbons (Fsp3) is 0.857. The lowest BCUT2D eigenvalue weighted by Gasteiger charge is -2.23. The van der Waals surface area contributed by atoms with Crippen LogP contribution in [0.2, 0.25) is 0 Å². The van der Waals surface area contributed by atoms with E-state index in [-0.39, 0.29) is 5.92 Å². The van der Waals surface area contributed by atoms with Crippen molar-refractivity contribution in [3.8, 4) is 0 Å². The second-order valence-electron chi connectivity index (χ2n) is 5.25. The molecule has 0 fully saturated rings. The van der Waals surface area contributed by atoms with Crippen molar-refractivity contribution in [2.45, 2.75) is 39.2 Å². The molecule has 0 saturated heterocycles. The van der Waals surface area contributed by atoms with Crippen LogP contribution in [0.1, 0.15) is 38.4 Å². The van der Waals surface area contributed by atoms with Gasteiger partial charge in [-0.05, 0) is 19.9 Å². The van der Waals surface area contributed by atoms with Crippen LogP contribution in [-0.4, -0.2) is 50.2 Å². The molecule has 0 bridgehead atoms. The fourth-order valence-corrected chi connectivity index (χ4v) is 2.17. The molecule has 1 heterocycles. The minimum Gasteiger partial charge on any atom is -0.382 e. The first-order chi connectivity index (χ1) is 9.60. The molecule has 0 spiro atoms. The molecule has 116 valence electrons. The van der Waals surface area contributed by atoms with E-state index in [2.05, 4.69) is 36.2 Å². The van der Waals surface area contributed by atoms with Gasteiger partial charge in [0, 0.05) is 19.6 Å². The summed E-state index contributed by atoms with van der Waals surface area (Å²) in [5.41, 5.74) is 0. The summed E-state index contributed by atoms with van der Waals surface area (Å²) in [7, 11) is 3.60. The summed E-state index contributed by atoms with van der Waals surface area (Å²) in [6, 6.07) is 0.293. The van der Waals surface area contributed by atoms with Crippen molar-refractivity contribution in [3.05, 3.63) is 11.7 Å².